The average Bonchev–Trinajstić information content (AvgIpc) is 2.89. The Hall–Kier alpha value is -2.33. The van der Waals surface area contributed by atoms with Gasteiger partial charge in [0, 0.05) is 0 Å². The monoisotopic (exact) mass is 253 g/mol. The molecule has 0 aliphatic rings. The van der Waals surface area contributed by atoms with E-state index in [1.54, 1.807) is 7.11 Å². The van der Waals surface area contributed by atoms with Crippen LogP contribution in [0.5, 0.6) is 6.01 Å². The zero-order valence-electron chi connectivity index (χ0n) is 10.6. The predicted octanol–water partition coefficient (Wildman–Crippen LogP) is 2.62. The Balaban J connectivity index is 2.01. The molecule has 0 amide bonds. The average molecular weight is 253 g/mol. The molecule has 1 heterocycles. The first-order chi connectivity index (χ1) is 9.28. The van der Waals surface area contributed by atoms with Crippen molar-refractivity contribution >= 4 is 11.0 Å². The Kier molecular flexibility index (Phi) is 2.93. The molecule has 0 saturated carbocycles. The fourth-order valence-corrected chi connectivity index (χ4v) is 2.15. The largest absolute Gasteiger partial charge is 0.468 e. The molecule has 1 atom stereocenters. The first kappa shape index (κ1) is 11.7. The molecule has 0 saturated heterocycles. The van der Waals surface area contributed by atoms with Crippen molar-refractivity contribution in [3.63, 3.8) is 0 Å². The van der Waals surface area contributed by atoms with E-state index in [0.717, 1.165) is 22.2 Å². The van der Waals surface area contributed by atoms with Crippen LogP contribution in [0.3, 0.4) is 0 Å². The fraction of sp³-hybridized carbons (Fsp3) is 0.133. The number of aromatic amines is 1. The maximum atomic E-state index is 6.28. The van der Waals surface area contributed by atoms with Crippen molar-refractivity contribution in [2.45, 2.75) is 6.04 Å². The molecule has 3 N–H and O–H groups in total. The second-order valence-corrected chi connectivity index (χ2v) is 4.41. The van der Waals surface area contributed by atoms with Crippen LogP contribution in [0.1, 0.15) is 17.2 Å². The number of ether oxygens (including phenoxy) is 1. The Morgan fingerprint density at radius 1 is 1.11 bits per heavy atom. The minimum absolute atomic E-state index is 0.139. The van der Waals surface area contributed by atoms with Crippen molar-refractivity contribution in [3.8, 4) is 6.01 Å². The second-order valence-electron chi connectivity index (χ2n) is 4.41. The van der Waals surface area contributed by atoms with Crippen LogP contribution in [-0.4, -0.2) is 17.1 Å². The number of benzene rings is 2. The molecule has 0 radical (unpaired) electrons. The minimum Gasteiger partial charge on any atom is -0.468 e. The molecule has 19 heavy (non-hydrogen) atoms. The molecule has 96 valence electrons. The summed E-state index contributed by atoms with van der Waals surface area (Å²) in [6.45, 7) is 0. The molecule has 0 bridgehead atoms. The summed E-state index contributed by atoms with van der Waals surface area (Å²) in [5.41, 5.74) is 10.2. The topological polar surface area (TPSA) is 63.9 Å². The number of aromatic nitrogens is 2. The van der Waals surface area contributed by atoms with Crippen LogP contribution < -0.4 is 10.5 Å². The highest BCUT2D eigenvalue weighted by Gasteiger charge is 2.10. The number of hydrogen-bond donors (Lipinski definition) is 2. The Bertz CT molecular complexity index is 691. The Morgan fingerprint density at radius 3 is 2.63 bits per heavy atom. The van der Waals surface area contributed by atoms with Crippen LogP contribution >= 0.6 is 0 Å². The molecule has 3 rings (SSSR count). The van der Waals surface area contributed by atoms with Gasteiger partial charge < -0.3 is 15.5 Å². The number of fused-ring (bicyclic) bond motifs is 1. The van der Waals surface area contributed by atoms with E-state index < -0.39 is 0 Å². The summed E-state index contributed by atoms with van der Waals surface area (Å²) in [5, 5.41) is 0. The van der Waals surface area contributed by atoms with Crippen LogP contribution in [0, 0.1) is 0 Å². The maximum Gasteiger partial charge on any atom is 0.294 e. The Labute approximate surface area is 111 Å². The highest BCUT2D eigenvalue weighted by Crippen LogP contribution is 2.23. The van der Waals surface area contributed by atoms with Crippen molar-refractivity contribution in [1.82, 2.24) is 9.97 Å². The van der Waals surface area contributed by atoms with Crippen molar-refractivity contribution in [2.75, 3.05) is 7.11 Å². The van der Waals surface area contributed by atoms with E-state index in [1.807, 2.05) is 48.5 Å². The fourth-order valence-electron chi connectivity index (χ4n) is 2.15. The normalized spacial score (nSPS) is 12.5. The highest BCUT2D eigenvalue weighted by atomic mass is 16.5. The van der Waals surface area contributed by atoms with Gasteiger partial charge in [-0.15, -0.1) is 0 Å². The third-order valence-electron chi connectivity index (χ3n) is 3.20. The molecular formula is C15H15N3O. The van der Waals surface area contributed by atoms with E-state index in [9.17, 15) is 0 Å². The van der Waals surface area contributed by atoms with Gasteiger partial charge >= 0.3 is 0 Å². The predicted molar refractivity (Wildman–Crippen MR) is 75.1 cm³/mol. The molecule has 0 aliphatic heterocycles. The van der Waals surface area contributed by atoms with E-state index in [4.69, 9.17) is 10.5 Å². The lowest BCUT2D eigenvalue weighted by Crippen LogP contribution is -2.11. The van der Waals surface area contributed by atoms with Gasteiger partial charge in [0.25, 0.3) is 6.01 Å². The third kappa shape index (κ3) is 2.18. The lowest BCUT2D eigenvalue weighted by atomic mass is 9.99. The van der Waals surface area contributed by atoms with Gasteiger partial charge in [0.1, 0.15) is 0 Å². The quantitative estimate of drug-likeness (QED) is 0.754. The lowest BCUT2D eigenvalue weighted by molar-refractivity contribution is 0.386. The first-order valence-corrected chi connectivity index (χ1v) is 6.12. The number of hydrogen-bond acceptors (Lipinski definition) is 3. The summed E-state index contributed by atoms with van der Waals surface area (Å²) < 4.78 is 5.09. The number of rotatable bonds is 3. The molecule has 4 heteroatoms. The number of methoxy groups -OCH3 is 1. The van der Waals surface area contributed by atoms with Crippen molar-refractivity contribution in [1.29, 1.82) is 0 Å². The van der Waals surface area contributed by atoms with Gasteiger partial charge in [0.15, 0.2) is 0 Å². The standard InChI is InChI=1S/C15H15N3O/c1-19-15-17-12-8-7-11(9-13(12)18-15)14(16)10-5-3-2-4-6-10/h2-9,14H,16H2,1H3,(H,17,18). The molecule has 0 spiro atoms. The summed E-state index contributed by atoms with van der Waals surface area (Å²) in [6.07, 6.45) is 0. The summed E-state index contributed by atoms with van der Waals surface area (Å²) >= 11 is 0. The van der Waals surface area contributed by atoms with Crippen LogP contribution in [0.25, 0.3) is 11.0 Å². The smallest absolute Gasteiger partial charge is 0.294 e. The van der Waals surface area contributed by atoms with E-state index in [0.29, 0.717) is 6.01 Å². The van der Waals surface area contributed by atoms with Gasteiger partial charge in [-0.2, -0.15) is 4.98 Å². The van der Waals surface area contributed by atoms with Crippen LogP contribution in [0.4, 0.5) is 0 Å². The molecule has 4 nitrogen and oxygen atoms in total. The van der Waals surface area contributed by atoms with Crippen LogP contribution in [-0.2, 0) is 0 Å². The summed E-state index contributed by atoms with van der Waals surface area (Å²) in [7, 11) is 1.59. The molecule has 2 aromatic carbocycles. The van der Waals surface area contributed by atoms with Gasteiger partial charge in [0.05, 0.1) is 24.2 Å². The first-order valence-electron chi connectivity index (χ1n) is 6.12. The van der Waals surface area contributed by atoms with Crippen LogP contribution in [0.15, 0.2) is 48.5 Å². The number of H-pyrrole nitrogens is 1. The molecule has 0 fully saturated rings. The lowest BCUT2D eigenvalue weighted by Gasteiger charge is -2.12. The highest BCUT2D eigenvalue weighted by molar-refractivity contribution is 5.76. The summed E-state index contributed by atoms with van der Waals surface area (Å²) in [4.78, 5) is 7.39. The minimum atomic E-state index is -0.139. The molecular weight excluding hydrogens is 238 g/mol. The summed E-state index contributed by atoms with van der Waals surface area (Å²) in [5.74, 6) is 0. The van der Waals surface area contributed by atoms with Crippen LogP contribution in [0.2, 0.25) is 0 Å². The van der Waals surface area contributed by atoms with E-state index in [-0.39, 0.29) is 6.04 Å². The molecule has 1 unspecified atom stereocenters. The van der Waals surface area contributed by atoms with Crippen molar-refractivity contribution < 1.29 is 4.74 Å². The van der Waals surface area contributed by atoms with Crippen molar-refractivity contribution in [3.05, 3.63) is 59.7 Å². The van der Waals surface area contributed by atoms with E-state index in [2.05, 4.69) is 9.97 Å². The number of nitrogens with two attached hydrogens (primary N) is 1. The summed E-state index contributed by atoms with van der Waals surface area (Å²) in [6, 6.07) is 16.4. The number of imidazole rings is 1. The molecule has 1 aromatic heterocycles. The van der Waals surface area contributed by atoms with Gasteiger partial charge in [0.2, 0.25) is 0 Å². The third-order valence-corrected chi connectivity index (χ3v) is 3.20. The van der Waals surface area contributed by atoms with Gasteiger partial charge in [-0.3, -0.25) is 0 Å². The van der Waals surface area contributed by atoms with E-state index >= 15 is 0 Å². The van der Waals surface area contributed by atoms with Crippen molar-refractivity contribution in [2.24, 2.45) is 5.73 Å². The molecule has 0 aliphatic carbocycles. The maximum absolute atomic E-state index is 6.28. The number of nitrogens with zero attached hydrogens (tertiary/aromatic N) is 1. The molecule has 3 aromatic rings. The van der Waals surface area contributed by atoms with E-state index in [1.165, 1.54) is 0 Å². The van der Waals surface area contributed by atoms with Gasteiger partial charge in [-0.1, -0.05) is 36.4 Å². The Morgan fingerprint density at radius 2 is 1.89 bits per heavy atom. The van der Waals surface area contributed by atoms with Gasteiger partial charge in [-0.05, 0) is 23.3 Å². The zero-order chi connectivity index (χ0) is 13.2. The SMILES string of the molecule is COc1nc2ccc(C(N)c3ccccc3)cc2[nH]1. The van der Waals surface area contributed by atoms with Gasteiger partial charge in [-0.25, -0.2) is 0 Å². The second kappa shape index (κ2) is 4.74. The number of nitrogens with one attached hydrogen (secondary N) is 1. The zero-order valence-corrected chi connectivity index (χ0v) is 10.6.